The number of nitrogens with one attached hydrogen (secondary N) is 1. The Hall–Kier alpha value is -3.65. The van der Waals surface area contributed by atoms with E-state index in [0.717, 1.165) is 42.6 Å². The highest BCUT2D eigenvalue weighted by Gasteiger charge is 2.25. The van der Waals surface area contributed by atoms with Crippen molar-refractivity contribution < 1.29 is 4.74 Å². The number of hydrogen-bond acceptors (Lipinski definition) is 7. The van der Waals surface area contributed by atoms with E-state index in [0.29, 0.717) is 40.3 Å². The van der Waals surface area contributed by atoms with Gasteiger partial charge in [-0.05, 0) is 80.7 Å². The maximum Gasteiger partial charge on any atom is 0.229 e. The number of aryl methyl sites for hydroxylation is 2. The predicted molar refractivity (Wildman–Crippen MR) is 131 cm³/mol. The van der Waals surface area contributed by atoms with E-state index in [2.05, 4.69) is 27.3 Å². The van der Waals surface area contributed by atoms with E-state index in [1.54, 1.807) is 36.5 Å². The fourth-order valence-electron chi connectivity index (χ4n) is 4.22. The molecule has 0 amide bonds. The fourth-order valence-corrected chi connectivity index (χ4v) is 4.46. The van der Waals surface area contributed by atoms with Gasteiger partial charge in [-0.15, -0.1) is 0 Å². The molecule has 8 heteroatoms. The molecular formula is C26H25ClN6O. The van der Waals surface area contributed by atoms with E-state index in [-0.39, 0.29) is 6.04 Å². The largest absolute Gasteiger partial charge is 0.438 e. The van der Waals surface area contributed by atoms with Crippen LogP contribution in [0.15, 0.2) is 42.6 Å². The van der Waals surface area contributed by atoms with Crippen LogP contribution in [0.3, 0.4) is 0 Å². The van der Waals surface area contributed by atoms with Gasteiger partial charge in [0, 0.05) is 29.9 Å². The van der Waals surface area contributed by atoms with Gasteiger partial charge in [0.15, 0.2) is 0 Å². The zero-order chi connectivity index (χ0) is 24.1. The summed E-state index contributed by atoms with van der Waals surface area (Å²) >= 11 is 6.50. The highest BCUT2D eigenvalue weighted by molar-refractivity contribution is 6.31. The third-order valence-electron chi connectivity index (χ3n) is 5.94. The number of hydrogen-bond donors (Lipinski definition) is 1. The number of nitriles is 2. The molecule has 1 saturated heterocycles. The van der Waals surface area contributed by atoms with Crippen LogP contribution in [0.2, 0.25) is 5.02 Å². The number of nitrogens with zero attached hydrogens (tertiary/aromatic N) is 5. The lowest BCUT2D eigenvalue weighted by Gasteiger charge is -2.35. The molecule has 2 aromatic carbocycles. The standard InChI is InChI=1S/C26H25ClN6O/c1-17-11-20(15-29)12-18(2)25(17)34-24-7-10-31-26(32-24)33(22-5-8-30-9-6-22)16-21-4-3-19(14-28)13-23(21)27/h3-4,7,10-13,22,30H,5-6,8-9,16H2,1-2H3. The molecule has 1 aromatic heterocycles. The number of aromatic nitrogens is 2. The van der Waals surface area contributed by atoms with Gasteiger partial charge in [-0.25, -0.2) is 4.98 Å². The van der Waals surface area contributed by atoms with Gasteiger partial charge < -0.3 is 15.0 Å². The number of benzene rings is 2. The van der Waals surface area contributed by atoms with Crippen molar-refractivity contribution in [2.75, 3.05) is 18.0 Å². The Morgan fingerprint density at radius 3 is 2.41 bits per heavy atom. The molecule has 2 heterocycles. The van der Waals surface area contributed by atoms with Crippen LogP contribution >= 0.6 is 11.6 Å². The molecule has 1 aliphatic heterocycles. The van der Waals surface area contributed by atoms with E-state index in [1.165, 1.54) is 0 Å². The van der Waals surface area contributed by atoms with Gasteiger partial charge in [0.25, 0.3) is 0 Å². The molecule has 0 unspecified atom stereocenters. The molecule has 1 N–H and O–H groups in total. The first kappa shape index (κ1) is 23.5. The number of rotatable bonds is 6. The van der Waals surface area contributed by atoms with Crippen LogP contribution < -0.4 is 15.0 Å². The second-order valence-corrected chi connectivity index (χ2v) is 8.78. The zero-order valence-electron chi connectivity index (χ0n) is 19.2. The Morgan fingerprint density at radius 2 is 1.76 bits per heavy atom. The molecule has 4 rings (SSSR count). The Morgan fingerprint density at radius 1 is 1.06 bits per heavy atom. The molecule has 0 radical (unpaired) electrons. The molecule has 0 saturated carbocycles. The fraction of sp³-hybridized carbons (Fsp3) is 0.308. The lowest BCUT2D eigenvalue weighted by Crippen LogP contribution is -2.43. The van der Waals surface area contributed by atoms with E-state index in [4.69, 9.17) is 26.6 Å². The molecule has 0 bridgehead atoms. The number of halogens is 1. The maximum absolute atomic E-state index is 9.21. The van der Waals surface area contributed by atoms with Gasteiger partial charge in [0.05, 0.1) is 23.3 Å². The van der Waals surface area contributed by atoms with Crippen molar-refractivity contribution in [2.45, 2.75) is 39.3 Å². The van der Waals surface area contributed by atoms with Crippen molar-refractivity contribution in [3.63, 3.8) is 0 Å². The Labute approximate surface area is 204 Å². The summed E-state index contributed by atoms with van der Waals surface area (Å²) in [5.41, 5.74) is 3.78. The summed E-state index contributed by atoms with van der Waals surface area (Å²) in [5.74, 6) is 1.69. The van der Waals surface area contributed by atoms with Crippen LogP contribution in [0.4, 0.5) is 5.95 Å². The Kier molecular flexibility index (Phi) is 7.27. The normalized spacial score (nSPS) is 13.7. The average Bonchev–Trinajstić information content (AvgIpc) is 2.86. The molecule has 0 aliphatic carbocycles. The van der Waals surface area contributed by atoms with Crippen LogP contribution in [0, 0.1) is 36.5 Å². The SMILES string of the molecule is Cc1cc(C#N)cc(C)c1Oc1ccnc(N(Cc2ccc(C#N)cc2Cl)C2CCNCC2)n1. The van der Waals surface area contributed by atoms with Gasteiger partial charge in [-0.1, -0.05) is 17.7 Å². The Balaban J connectivity index is 1.66. The van der Waals surface area contributed by atoms with Crippen molar-refractivity contribution >= 4 is 17.5 Å². The molecule has 1 fully saturated rings. The molecule has 0 atom stereocenters. The second kappa shape index (κ2) is 10.5. The lowest BCUT2D eigenvalue weighted by atomic mass is 10.0. The van der Waals surface area contributed by atoms with E-state index in [9.17, 15) is 5.26 Å². The smallest absolute Gasteiger partial charge is 0.229 e. The summed E-state index contributed by atoms with van der Waals surface area (Å²) in [5, 5.41) is 22.3. The third kappa shape index (κ3) is 5.28. The predicted octanol–water partition coefficient (Wildman–Crippen LogP) is 5.04. The second-order valence-electron chi connectivity index (χ2n) is 8.37. The number of anilines is 1. The first-order valence-corrected chi connectivity index (χ1v) is 11.5. The van der Waals surface area contributed by atoms with Crippen molar-refractivity contribution in [1.82, 2.24) is 15.3 Å². The average molecular weight is 473 g/mol. The first-order chi connectivity index (χ1) is 16.5. The van der Waals surface area contributed by atoms with Crippen LogP contribution in [0.25, 0.3) is 0 Å². The number of ether oxygens (including phenoxy) is 1. The topological polar surface area (TPSA) is 97.9 Å². The summed E-state index contributed by atoms with van der Waals surface area (Å²) < 4.78 is 6.16. The maximum atomic E-state index is 9.21. The minimum atomic E-state index is 0.238. The molecule has 0 spiro atoms. The van der Waals surface area contributed by atoms with Crippen LogP contribution in [-0.2, 0) is 6.54 Å². The molecular weight excluding hydrogens is 448 g/mol. The van der Waals surface area contributed by atoms with E-state index >= 15 is 0 Å². The number of piperidine rings is 1. The minimum Gasteiger partial charge on any atom is -0.438 e. The first-order valence-electron chi connectivity index (χ1n) is 11.2. The van der Waals surface area contributed by atoms with Crippen molar-refractivity contribution in [3.05, 3.63) is 75.4 Å². The molecule has 7 nitrogen and oxygen atoms in total. The highest BCUT2D eigenvalue weighted by atomic mass is 35.5. The lowest BCUT2D eigenvalue weighted by molar-refractivity contribution is 0.418. The molecule has 34 heavy (non-hydrogen) atoms. The van der Waals surface area contributed by atoms with Crippen molar-refractivity contribution in [1.29, 1.82) is 10.5 Å². The monoisotopic (exact) mass is 472 g/mol. The zero-order valence-corrected chi connectivity index (χ0v) is 19.9. The van der Waals surface area contributed by atoms with Crippen LogP contribution in [0.1, 0.15) is 40.7 Å². The Bertz CT molecular complexity index is 1250. The summed E-state index contributed by atoms with van der Waals surface area (Å²) in [6, 6.07) is 15.2. The highest BCUT2D eigenvalue weighted by Crippen LogP contribution is 2.31. The van der Waals surface area contributed by atoms with Crippen LogP contribution in [-0.4, -0.2) is 29.1 Å². The van der Waals surface area contributed by atoms with E-state index in [1.807, 2.05) is 19.9 Å². The summed E-state index contributed by atoms with van der Waals surface area (Å²) in [6.07, 6.45) is 3.60. The summed E-state index contributed by atoms with van der Waals surface area (Å²) in [7, 11) is 0. The summed E-state index contributed by atoms with van der Waals surface area (Å²) in [4.78, 5) is 11.5. The molecule has 3 aromatic rings. The van der Waals surface area contributed by atoms with Crippen LogP contribution in [0.5, 0.6) is 11.6 Å². The van der Waals surface area contributed by atoms with Crippen molar-refractivity contribution in [2.24, 2.45) is 0 Å². The van der Waals surface area contributed by atoms with Gasteiger partial charge in [0.2, 0.25) is 11.8 Å². The minimum absolute atomic E-state index is 0.238. The third-order valence-corrected chi connectivity index (χ3v) is 6.29. The van der Waals surface area contributed by atoms with Gasteiger partial charge in [-0.2, -0.15) is 15.5 Å². The molecule has 1 aliphatic rings. The quantitative estimate of drug-likeness (QED) is 0.536. The van der Waals surface area contributed by atoms with Crippen molar-refractivity contribution in [3.8, 4) is 23.8 Å². The molecule has 172 valence electrons. The summed E-state index contributed by atoms with van der Waals surface area (Å²) in [6.45, 7) is 6.19. The van der Waals surface area contributed by atoms with Gasteiger partial charge in [0.1, 0.15) is 5.75 Å². The van der Waals surface area contributed by atoms with E-state index < -0.39 is 0 Å². The van der Waals surface area contributed by atoms with Gasteiger partial charge >= 0.3 is 0 Å². The van der Waals surface area contributed by atoms with Gasteiger partial charge in [-0.3, -0.25) is 0 Å².